The van der Waals surface area contributed by atoms with Gasteiger partial charge in [0, 0.05) is 18.2 Å². The van der Waals surface area contributed by atoms with E-state index in [0.29, 0.717) is 18.2 Å². The van der Waals surface area contributed by atoms with Crippen molar-refractivity contribution in [1.82, 2.24) is 0 Å². The van der Waals surface area contributed by atoms with Crippen LogP contribution in [0.4, 0.5) is 17.6 Å². The Morgan fingerprint density at radius 3 is 2.23 bits per heavy atom. The normalized spacial score (nSPS) is 11.4. The van der Waals surface area contributed by atoms with Crippen molar-refractivity contribution in [1.29, 1.82) is 0 Å². The molecule has 0 saturated heterocycles. The van der Waals surface area contributed by atoms with Crippen LogP contribution in [0.5, 0.6) is 11.5 Å². The smallest absolute Gasteiger partial charge is 0.508 e. The number of hydrogen-bond acceptors (Lipinski definition) is 2. The maximum Gasteiger partial charge on any atom is 0.573 e. The molecule has 72 valence electrons. The Balaban J connectivity index is 2.90. The van der Waals surface area contributed by atoms with Gasteiger partial charge in [-0.1, -0.05) is 0 Å². The number of phenolic OH excluding ortho intramolecular Hbond substituents is 1. The van der Waals surface area contributed by atoms with Crippen LogP contribution in [-0.2, 0) is 0 Å². The Morgan fingerprint density at radius 1 is 1.15 bits per heavy atom. The maximum atomic E-state index is 12.4. The van der Waals surface area contributed by atoms with Crippen LogP contribution in [0.25, 0.3) is 0 Å². The topological polar surface area (TPSA) is 29.5 Å². The van der Waals surface area contributed by atoms with Gasteiger partial charge in [-0.15, -0.1) is 13.2 Å². The van der Waals surface area contributed by atoms with Crippen molar-refractivity contribution >= 4 is 0 Å². The summed E-state index contributed by atoms with van der Waals surface area (Å²) >= 11 is 0. The van der Waals surface area contributed by atoms with Crippen LogP contribution in [-0.4, -0.2) is 11.5 Å². The average molecular weight is 196 g/mol. The lowest BCUT2D eigenvalue weighted by molar-refractivity contribution is -0.274. The van der Waals surface area contributed by atoms with Crippen LogP contribution in [0.2, 0.25) is 0 Å². The number of phenols is 1. The van der Waals surface area contributed by atoms with Gasteiger partial charge in [-0.2, -0.15) is 0 Å². The summed E-state index contributed by atoms with van der Waals surface area (Å²) in [5.74, 6) is -2.41. The molecular formula is C7H4F4O2. The van der Waals surface area contributed by atoms with Crippen LogP contribution in [0.15, 0.2) is 18.2 Å². The summed E-state index contributed by atoms with van der Waals surface area (Å²) in [5.41, 5.74) is 0. The second-order valence-electron chi connectivity index (χ2n) is 2.19. The van der Waals surface area contributed by atoms with Crippen LogP contribution in [0, 0.1) is 5.82 Å². The predicted octanol–water partition coefficient (Wildman–Crippen LogP) is 2.43. The molecule has 2 nitrogen and oxygen atoms in total. The van der Waals surface area contributed by atoms with E-state index in [1.165, 1.54) is 0 Å². The fourth-order valence-electron chi connectivity index (χ4n) is 0.740. The first-order valence-corrected chi connectivity index (χ1v) is 3.12. The second kappa shape index (κ2) is 3.12. The first-order chi connectivity index (χ1) is 5.87. The number of ether oxygens (including phenoxy) is 1. The molecular weight excluding hydrogens is 192 g/mol. The highest BCUT2D eigenvalue weighted by Gasteiger charge is 2.31. The standard InChI is InChI=1S/C7H4F4O2/c8-4-1-5(12)3-6(2-4)13-7(9,10)11/h1-3,12H. The molecule has 0 bridgehead atoms. The minimum Gasteiger partial charge on any atom is -0.508 e. The van der Waals surface area contributed by atoms with E-state index in [4.69, 9.17) is 5.11 Å². The SMILES string of the molecule is Oc1cc(F)cc(OC(F)(F)F)c1. The molecule has 1 rings (SSSR count). The molecule has 0 aliphatic rings. The average Bonchev–Trinajstić information content (AvgIpc) is 1.78. The highest BCUT2D eigenvalue weighted by molar-refractivity contribution is 5.32. The van der Waals surface area contributed by atoms with Crippen LogP contribution < -0.4 is 4.74 Å². The van der Waals surface area contributed by atoms with E-state index in [-0.39, 0.29) is 0 Å². The predicted molar refractivity (Wildman–Crippen MR) is 34.7 cm³/mol. The Hall–Kier alpha value is -1.46. The van der Waals surface area contributed by atoms with Crippen molar-refractivity contribution in [2.45, 2.75) is 6.36 Å². The molecule has 1 aromatic carbocycles. The fraction of sp³-hybridized carbons (Fsp3) is 0.143. The molecule has 0 heterocycles. The highest BCUT2D eigenvalue weighted by atomic mass is 19.4. The van der Waals surface area contributed by atoms with Gasteiger partial charge in [0.25, 0.3) is 0 Å². The van der Waals surface area contributed by atoms with Gasteiger partial charge in [0.1, 0.15) is 17.3 Å². The van der Waals surface area contributed by atoms with Crippen LogP contribution >= 0.6 is 0 Å². The zero-order chi connectivity index (χ0) is 10.1. The Labute approximate surface area is 70.4 Å². The molecule has 0 aliphatic heterocycles. The highest BCUT2D eigenvalue weighted by Crippen LogP contribution is 2.26. The molecule has 1 N–H and O–H groups in total. The molecule has 0 atom stereocenters. The van der Waals surface area contributed by atoms with Gasteiger partial charge in [-0.05, 0) is 0 Å². The Morgan fingerprint density at radius 2 is 1.77 bits per heavy atom. The summed E-state index contributed by atoms with van der Waals surface area (Å²) in [4.78, 5) is 0. The summed E-state index contributed by atoms with van der Waals surface area (Å²) in [6.07, 6.45) is -4.89. The number of alkyl halides is 3. The molecule has 1 aromatic rings. The molecule has 0 radical (unpaired) electrons. The number of halogens is 4. The molecule has 0 amide bonds. The lowest BCUT2D eigenvalue weighted by Crippen LogP contribution is -2.17. The van der Waals surface area contributed by atoms with Crippen molar-refractivity contribution in [2.75, 3.05) is 0 Å². The summed E-state index contributed by atoms with van der Waals surface area (Å²) in [5, 5.41) is 8.70. The molecule has 0 fully saturated rings. The van der Waals surface area contributed by atoms with Crippen LogP contribution in [0.1, 0.15) is 0 Å². The maximum absolute atomic E-state index is 12.4. The van der Waals surface area contributed by atoms with E-state index in [1.54, 1.807) is 0 Å². The lowest BCUT2D eigenvalue weighted by atomic mass is 10.3. The van der Waals surface area contributed by atoms with E-state index < -0.39 is 23.7 Å². The third kappa shape index (κ3) is 3.18. The number of hydrogen-bond donors (Lipinski definition) is 1. The van der Waals surface area contributed by atoms with Crippen molar-refractivity contribution in [3.8, 4) is 11.5 Å². The minimum absolute atomic E-state index is 0.521. The van der Waals surface area contributed by atoms with E-state index >= 15 is 0 Å². The molecule has 0 aromatic heterocycles. The lowest BCUT2D eigenvalue weighted by Gasteiger charge is -2.08. The largest absolute Gasteiger partial charge is 0.573 e. The first kappa shape index (κ1) is 9.63. The number of aromatic hydroxyl groups is 1. The molecule has 0 unspecified atom stereocenters. The van der Waals surface area contributed by atoms with E-state index in [9.17, 15) is 17.6 Å². The quantitative estimate of drug-likeness (QED) is 0.699. The van der Waals surface area contributed by atoms with Gasteiger partial charge in [-0.25, -0.2) is 4.39 Å². The van der Waals surface area contributed by atoms with Gasteiger partial charge >= 0.3 is 6.36 Å². The van der Waals surface area contributed by atoms with Gasteiger partial charge in [0.2, 0.25) is 0 Å². The zero-order valence-electron chi connectivity index (χ0n) is 6.10. The van der Waals surface area contributed by atoms with E-state index in [1.807, 2.05) is 0 Å². The summed E-state index contributed by atoms with van der Waals surface area (Å²) in [6, 6.07) is 1.85. The zero-order valence-corrected chi connectivity index (χ0v) is 6.10. The Kier molecular flexibility index (Phi) is 2.31. The Bertz CT molecular complexity index is 288. The van der Waals surface area contributed by atoms with Gasteiger partial charge < -0.3 is 9.84 Å². The minimum atomic E-state index is -4.89. The van der Waals surface area contributed by atoms with Crippen molar-refractivity contribution in [2.24, 2.45) is 0 Å². The summed E-state index contributed by atoms with van der Waals surface area (Å²) < 4.78 is 50.5. The third-order valence-corrected chi connectivity index (χ3v) is 1.09. The molecule has 13 heavy (non-hydrogen) atoms. The van der Waals surface area contributed by atoms with Gasteiger partial charge in [0.05, 0.1) is 0 Å². The third-order valence-electron chi connectivity index (χ3n) is 1.09. The second-order valence-corrected chi connectivity index (χ2v) is 2.19. The fourth-order valence-corrected chi connectivity index (χ4v) is 0.740. The molecule has 0 aliphatic carbocycles. The molecule has 6 heteroatoms. The van der Waals surface area contributed by atoms with Crippen molar-refractivity contribution < 1.29 is 27.4 Å². The molecule has 0 saturated carbocycles. The first-order valence-electron chi connectivity index (χ1n) is 3.12. The van der Waals surface area contributed by atoms with E-state index in [2.05, 4.69) is 4.74 Å². The number of rotatable bonds is 1. The van der Waals surface area contributed by atoms with E-state index in [0.717, 1.165) is 0 Å². The van der Waals surface area contributed by atoms with Crippen molar-refractivity contribution in [3.63, 3.8) is 0 Å². The van der Waals surface area contributed by atoms with Gasteiger partial charge in [-0.3, -0.25) is 0 Å². The van der Waals surface area contributed by atoms with Gasteiger partial charge in [0.15, 0.2) is 0 Å². The van der Waals surface area contributed by atoms with Crippen molar-refractivity contribution in [3.05, 3.63) is 24.0 Å². The summed E-state index contributed by atoms with van der Waals surface area (Å²) in [7, 11) is 0. The summed E-state index contributed by atoms with van der Waals surface area (Å²) in [6.45, 7) is 0. The monoisotopic (exact) mass is 196 g/mol. The number of benzene rings is 1. The van der Waals surface area contributed by atoms with Crippen LogP contribution in [0.3, 0.4) is 0 Å². The molecule has 0 spiro atoms.